The molecule has 244 valence electrons. The van der Waals surface area contributed by atoms with E-state index in [0.717, 1.165) is 39.0 Å². The molecular formula is C36H41N7O4. The van der Waals surface area contributed by atoms with Crippen LogP contribution in [0.4, 0.5) is 10.6 Å². The van der Waals surface area contributed by atoms with Crippen LogP contribution in [0.5, 0.6) is 0 Å². The van der Waals surface area contributed by atoms with Crippen molar-refractivity contribution in [2.45, 2.75) is 58.4 Å². The number of pyridine rings is 1. The molecule has 0 spiro atoms. The molecule has 3 aromatic heterocycles. The number of nitrogens with zero attached hydrogens (tertiary/aromatic N) is 7. The Kier molecular flexibility index (Phi) is 8.35. The molecular weight excluding hydrogens is 594 g/mol. The predicted octanol–water partition coefficient (Wildman–Crippen LogP) is 5.43. The van der Waals surface area contributed by atoms with Gasteiger partial charge in [0.05, 0.1) is 35.5 Å². The van der Waals surface area contributed by atoms with E-state index in [9.17, 15) is 14.7 Å². The van der Waals surface area contributed by atoms with Gasteiger partial charge in [0.15, 0.2) is 5.82 Å². The average molecular weight is 636 g/mol. The van der Waals surface area contributed by atoms with Crippen molar-refractivity contribution in [3.8, 4) is 22.5 Å². The summed E-state index contributed by atoms with van der Waals surface area (Å²) in [6, 6.07) is 19.3. The second-order valence-corrected chi connectivity index (χ2v) is 13.8. The van der Waals surface area contributed by atoms with Crippen molar-refractivity contribution >= 4 is 22.8 Å². The molecule has 47 heavy (non-hydrogen) atoms. The number of benzene rings is 2. The van der Waals surface area contributed by atoms with Gasteiger partial charge in [-0.1, -0.05) is 36.4 Å². The number of ether oxygens (including phenoxy) is 1. The lowest BCUT2D eigenvalue weighted by molar-refractivity contribution is 0.0213. The van der Waals surface area contributed by atoms with Gasteiger partial charge in [0.1, 0.15) is 11.4 Å². The molecule has 0 aliphatic carbocycles. The fourth-order valence-electron chi connectivity index (χ4n) is 5.86. The second-order valence-electron chi connectivity index (χ2n) is 13.8. The minimum Gasteiger partial charge on any atom is -0.444 e. The Balaban J connectivity index is 1.49. The molecule has 11 nitrogen and oxygen atoms in total. The van der Waals surface area contributed by atoms with Crippen LogP contribution in [-0.2, 0) is 18.3 Å². The Hall–Kier alpha value is -5.03. The SMILES string of the molecule is Cn1cc(-c2ccc3nc(-c4cnn(CC(C)(C)O)c4)nc(N4CCN(C(=O)OC(C)(C)C)CC4c4ccccc4)c3c2)ccc1=O. The summed E-state index contributed by atoms with van der Waals surface area (Å²) in [5.74, 6) is 1.23. The van der Waals surface area contributed by atoms with Gasteiger partial charge in [-0.2, -0.15) is 5.10 Å². The highest BCUT2D eigenvalue weighted by molar-refractivity contribution is 5.94. The van der Waals surface area contributed by atoms with Crippen molar-refractivity contribution < 1.29 is 14.6 Å². The summed E-state index contributed by atoms with van der Waals surface area (Å²) in [6.07, 6.45) is 5.03. The maximum absolute atomic E-state index is 13.2. The molecule has 5 aromatic rings. The van der Waals surface area contributed by atoms with Crippen LogP contribution in [-0.4, -0.2) is 71.3 Å². The molecule has 0 radical (unpaired) electrons. The Morgan fingerprint density at radius 1 is 0.936 bits per heavy atom. The smallest absolute Gasteiger partial charge is 0.410 e. The van der Waals surface area contributed by atoms with Gasteiger partial charge < -0.3 is 24.2 Å². The number of hydrogen-bond acceptors (Lipinski definition) is 8. The molecule has 1 aliphatic rings. The second kappa shape index (κ2) is 12.3. The first-order chi connectivity index (χ1) is 22.2. The number of carbonyl (C=O) groups excluding carboxylic acids is 1. The Labute approximate surface area is 274 Å². The van der Waals surface area contributed by atoms with Gasteiger partial charge in [-0.25, -0.2) is 14.8 Å². The van der Waals surface area contributed by atoms with Crippen LogP contribution in [0.15, 0.2) is 84.0 Å². The Morgan fingerprint density at radius 2 is 1.68 bits per heavy atom. The zero-order valence-electron chi connectivity index (χ0n) is 27.7. The molecule has 1 saturated heterocycles. The quantitative estimate of drug-likeness (QED) is 0.263. The fourth-order valence-corrected chi connectivity index (χ4v) is 5.86. The minimum atomic E-state index is -0.938. The third-order valence-electron chi connectivity index (χ3n) is 8.02. The Bertz CT molecular complexity index is 1970. The average Bonchev–Trinajstić information content (AvgIpc) is 3.48. The van der Waals surface area contributed by atoms with Gasteiger partial charge in [0.2, 0.25) is 5.56 Å². The van der Waals surface area contributed by atoms with Crippen LogP contribution >= 0.6 is 0 Å². The lowest BCUT2D eigenvalue weighted by Gasteiger charge is -2.43. The predicted molar refractivity (Wildman–Crippen MR) is 182 cm³/mol. The van der Waals surface area contributed by atoms with Crippen molar-refractivity contribution in [2.24, 2.45) is 7.05 Å². The molecule has 1 amide bonds. The molecule has 1 unspecified atom stereocenters. The van der Waals surface area contributed by atoms with E-state index in [1.54, 1.807) is 47.3 Å². The summed E-state index contributed by atoms with van der Waals surface area (Å²) < 4.78 is 9.01. The normalized spacial score (nSPS) is 15.7. The Morgan fingerprint density at radius 3 is 2.38 bits per heavy atom. The van der Waals surface area contributed by atoms with Gasteiger partial charge in [-0.15, -0.1) is 0 Å². The van der Waals surface area contributed by atoms with E-state index in [4.69, 9.17) is 14.7 Å². The fraction of sp³-hybridized carbons (Fsp3) is 0.361. The zero-order valence-corrected chi connectivity index (χ0v) is 27.7. The summed E-state index contributed by atoms with van der Waals surface area (Å²) in [5.41, 5.74) is 2.70. The number of carbonyl (C=O) groups is 1. The summed E-state index contributed by atoms with van der Waals surface area (Å²) >= 11 is 0. The minimum absolute atomic E-state index is 0.0816. The number of anilines is 1. The number of aliphatic hydroxyl groups is 1. The summed E-state index contributed by atoms with van der Waals surface area (Å²) in [4.78, 5) is 39.5. The molecule has 4 heterocycles. The molecule has 0 bridgehead atoms. The molecule has 6 rings (SSSR count). The van der Waals surface area contributed by atoms with E-state index in [0.29, 0.717) is 32.0 Å². The molecule has 11 heteroatoms. The largest absolute Gasteiger partial charge is 0.444 e. The third kappa shape index (κ3) is 7.20. The third-order valence-corrected chi connectivity index (χ3v) is 8.02. The maximum atomic E-state index is 13.2. The van der Waals surface area contributed by atoms with Crippen LogP contribution in [0, 0.1) is 0 Å². The molecule has 1 atom stereocenters. The highest BCUT2D eigenvalue weighted by Crippen LogP contribution is 2.37. The van der Waals surface area contributed by atoms with Crippen LogP contribution in [0.1, 0.15) is 46.2 Å². The van der Waals surface area contributed by atoms with Gasteiger partial charge >= 0.3 is 6.09 Å². The van der Waals surface area contributed by atoms with E-state index in [1.165, 1.54) is 0 Å². The van der Waals surface area contributed by atoms with Crippen molar-refractivity contribution in [2.75, 3.05) is 24.5 Å². The number of aromatic nitrogens is 5. The van der Waals surface area contributed by atoms with Gasteiger partial charge in [-0.3, -0.25) is 9.48 Å². The standard InChI is InChI=1S/C36H41N7O4/c1-35(2,3)47-34(45)41-16-17-43(30(22-41)24-10-8-7-9-11-24)33-28-18-25(26-13-15-31(44)40(6)20-26)12-14-29(28)38-32(39-33)27-19-37-42(21-27)23-36(4,5)46/h7-15,18-21,30,46H,16-17,22-23H2,1-6H3. The van der Waals surface area contributed by atoms with Gasteiger partial charge in [0.25, 0.3) is 0 Å². The van der Waals surface area contributed by atoms with Crippen LogP contribution in [0.2, 0.25) is 0 Å². The van der Waals surface area contributed by atoms with E-state index in [-0.39, 0.29) is 17.7 Å². The van der Waals surface area contributed by atoms with Crippen LogP contribution in [0.25, 0.3) is 33.4 Å². The molecule has 1 aliphatic heterocycles. The number of hydrogen-bond donors (Lipinski definition) is 1. The van der Waals surface area contributed by atoms with Crippen molar-refractivity contribution in [3.63, 3.8) is 0 Å². The zero-order chi connectivity index (χ0) is 33.5. The van der Waals surface area contributed by atoms with Gasteiger partial charge in [-0.05, 0) is 69.5 Å². The number of amides is 1. The first-order valence-corrected chi connectivity index (χ1v) is 15.8. The molecule has 1 fully saturated rings. The highest BCUT2D eigenvalue weighted by atomic mass is 16.6. The highest BCUT2D eigenvalue weighted by Gasteiger charge is 2.35. The molecule has 0 saturated carbocycles. The summed E-state index contributed by atoms with van der Waals surface area (Å²) in [6.45, 7) is 10.8. The molecule has 2 aromatic carbocycles. The van der Waals surface area contributed by atoms with Crippen LogP contribution in [0.3, 0.4) is 0 Å². The maximum Gasteiger partial charge on any atom is 0.410 e. The number of piperazine rings is 1. The lowest BCUT2D eigenvalue weighted by atomic mass is 10.0. The first kappa shape index (κ1) is 31.9. The number of rotatable bonds is 6. The van der Waals surface area contributed by atoms with Crippen LogP contribution < -0.4 is 10.5 Å². The van der Waals surface area contributed by atoms with E-state index in [1.807, 2.05) is 69.6 Å². The van der Waals surface area contributed by atoms with E-state index in [2.05, 4.69) is 28.2 Å². The van der Waals surface area contributed by atoms with Crippen molar-refractivity contribution in [3.05, 3.63) is 95.2 Å². The van der Waals surface area contributed by atoms with E-state index < -0.39 is 11.2 Å². The number of fused-ring (bicyclic) bond motifs is 1. The summed E-state index contributed by atoms with van der Waals surface area (Å²) in [5, 5.41) is 15.7. The molecule has 1 N–H and O–H groups in total. The monoisotopic (exact) mass is 635 g/mol. The summed E-state index contributed by atoms with van der Waals surface area (Å²) in [7, 11) is 1.74. The van der Waals surface area contributed by atoms with Crippen molar-refractivity contribution in [1.82, 2.24) is 29.2 Å². The topological polar surface area (TPSA) is 119 Å². The van der Waals surface area contributed by atoms with Gasteiger partial charge in [0, 0.05) is 50.5 Å². The van der Waals surface area contributed by atoms with Crippen molar-refractivity contribution in [1.29, 1.82) is 0 Å². The first-order valence-electron chi connectivity index (χ1n) is 15.8. The van der Waals surface area contributed by atoms with E-state index >= 15 is 0 Å². The lowest BCUT2D eigenvalue weighted by Crippen LogP contribution is -2.52. The number of aryl methyl sites for hydroxylation is 1.